The predicted octanol–water partition coefficient (Wildman–Crippen LogP) is 3.64. The van der Waals surface area contributed by atoms with Crippen LogP contribution in [0.4, 0.5) is 5.69 Å². The smallest absolute Gasteiger partial charge is 0.226 e. The Balaban J connectivity index is 1.52. The van der Waals surface area contributed by atoms with E-state index in [1.54, 1.807) is 0 Å². The van der Waals surface area contributed by atoms with Gasteiger partial charge < -0.3 is 4.90 Å². The van der Waals surface area contributed by atoms with Crippen molar-refractivity contribution in [2.75, 3.05) is 38.1 Å². The molecule has 0 saturated carbocycles. The molecule has 0 N–H and O–H groups in total. The zero-order valence-electron chi connectivity index (χ0n) is 16.6. The molecular formula is C23H31N3O. The first-order valence-electron chi connectivity index (χ1n) is 9.99. The quantitative estimate of drug-likeness (QED) is 0.715. The van der Waals surface area contributed by atoms with Crippen LogP contribution in [-0.2, 0) is 11.3 Å². The Morgan fingerprint density at radius 1 is 1.07 bits per heavy atom. The summed E-state index contributed by atoms with van der Waals surface area (Å²) < 4.78 is 0. The van der Waals surface area contributed by atoms with Crippen molar-refractivity contribution in [2.45, 2.75) is 32.4 Å². The van der Waals surface area contributed by atoms with Crippen molar-refractivity contribution in [1.29, 1.82) is 0 Å². The van der Waals surface area contributed by atoms with Crippen LogP contribution < -0.4 is 4.90 Å². The van der Waals surface area contributed by atoms with Gasteiger partial charge in [-0.15, -0.1) is 0 Å². The molecular weight excluding hydrogens is 334 g/mol. The SMILES string of the molecule is CCC(=O)N(CCN1CC[C@@H](N(C)Cc2ccccc2)C1)c1ccccc1. The zero-order valence-corrected chi connectivity index (χ0v) is 16.6. The van der Waals surface area contributed by atoms with Crippen LogP contribution in [-0.4, -0.2) is 55.0 Å². The van der Waals surface area contributed by atoms with E-state index in [1.807, 2.05) is 42.2 Å². The first-order chi connectivity index (χ1) is 13.2. The summed E-state index contributed by atoms with van der Waals surface area (Å²) in [6.07, 6.45) is 1.73. The lowest BCUT2D eigenvalue weighted by molar-refractivity contribution is -0.118. The molecule has 1 amide bonds. The third kappa shape index (κ3) is 5.41. The van der Waals surface area contributed by atoms with Crippen LogP contribution in [0.5, 0.6) is 0 Å². The lowest BCUT2D eigenvalue weighted by Gasteiger charge is -2.27. The monoisotopic (exact) mass is 365 g/mol. The molecule has 1 atom stereocenters. The number of benzene rings is 2. The van der Waals surface area contributed by atoms with E-state index >= 15 is 0 Å². The summed E-state index contributed by atoms with van der Waals surface area (Å²) in [5, 5.41) is 0. The highest BCUT2D eigenvalue weighted by Gasteiger charge is 2.26. The van der Waals surface area contributed by atoms with Crippen molar-refractivity contribution < 1.29 is 4.79 Å². The van der Waals surface area contributed by atoms with Crippen molar-refractivity contribution in [2.24, 2.45) is 0 Å². The Bertz CT molecular complexity index is 704. The molecule has 1 saturated heterocycles. The topological polar surface area (TPSA) is 26.8 Å². The number of rotatable bonds is 8. The Kier molecular flexibility index (Phi) is 7.02. The maximum atomic E-state index is 12.4. The van der Waals surface area contributed by atoms with Crippen LogP contribution >= 0.6 is 0 Å². The number of hydrogen-bond acceptors (Lipinski definition) is 3. The molecule has 27 heavy (non-hydrogen) atoms. The molecule has 2 aromatic carbocycles. The van der Waals surface area contributed by atoms with E-state index < -0.39 is 0 Å². The van der Waals surface area contributed by atoms with E-state index in [0.717, 1.165) is 38.4 Å². The summed E-state index contributed by atoms with van der Waals surface area (Å²) in [5.74, 6) is 0.193. The molecule has 1 fully saturated rings. The summed E-state index contributed by atoms with van der Waals surface area (Å²) in [5.41, 5.74) is 2.36. The molecule has 1 aliphatic rings. The highest BCUT2D eigenvalue weighted by Crippen LogP contribution is 2.18. The number of amides is 1. The van der Waals surface area contributed by atoms with E-state index in [1.165, 1.54) is 12.0 Å². The molecule has 3 rings (SSSR count). The maximum Gasteiger partial charge on any atom is 0.226 e. The molecule has 1 aliphatic heterocycles. The van der Waals surface area contributed by atoms with Crippen LogP contribution in [0, 0.1) is 0 Å². The van der Waals surface area contributed by atoms with Gasteiger partial charge in [-0.05, 0) is 37.7 Å². The standard InChI is InChI=1S/C23H31N3O/c1-3-23(27)26(21-12-8-5-9-13-21)17-16-25-15-14-22(19-25)24(2)18-20-10-6-4-7-11-20/h4-13,22H,3,14-19H2,1-2H3/t22-/m1/s1. The van der Waals surface area contributed by atoms with Gasteiger partial charge in [0, 0.05) is 44.3 Å². The van der Waals surface area contributed by atoms with Crippen LogP contribution in [0.1, 0.15) is 25.3 Å². The molecule has 144 valence electrons. The number of likely N-dealkylation sites (N-methyl/N-ethyl adjacent to an activating group) is 1. The first kappa shape index (κ1) is 19.6. The van der Waals surface area contributed by atoms with Crippen LogP contribution in [0.25, 0.3) is 0 Å². The zero-order chi connectivity index (χ0) is 19.1. The molecule has 4 nitrogen and oxygen atoms in total. The van der Waals surface area contributed by atoms with E-state index in [-0.39, 0.29) is 5.91 Å². The molecule has 0 aliphatic carbocycles. The number of likely N-dealkylation sites (tertiary alicyclic amines) is 1. The third-order valence-electron chi connectivity index (χ3n) is 5.46. The minimum Gasteiger partial charge on any atom is -0.311 e. The molecule has 0 aromatic heterocycles. The molecule has 0 spiro atoms. The molecule has 4 heteroatoms. The Labute approximate surface area is 163 Å². The second kappa shape index (κ2) is 9.67. The van der Waals surface area contributed by atoms with E-state index in [2.05, 4.69) is 47.2 Å². The van der Waals surface area contributed by atoms with E-state index in [9.17, 15) is 4.79 Å². The van der Waals surface area contributed by atoms with Gasteiger partial charge in [0.2, 0.25) is 5.91 Å². The minimum atomic E-state index is 0.193. The number of carbonyl (C=O) groups excluding carboxylic acids is 1. The Morgan fingerprint density at radius 3 is 2.41 bits per heavy atom. The summed E-state index contributed by atoms with van der Waals surface area (Å²) in [7, 11) is 2.22. The summed E-state index contributed by atoms with van der Waals surface area (Å²) in [6.45, 7) is 6.79. The fourth-order valence-electron chi connectivity index (χ4n) is 3.81. The maximum absolute atomic E-state index is 12.4. The highest BCUT2D eigenvalue weighted by atomic mass is 16.2. The van der Waals surface area contributed by atoms with Gasteiger partial charge in [-0.2, -0.15) is 0 Å². The van der Waals surface area contributed by atoms with Gasteiger partial charge in [0.1, 0.15) is 0 Å². The fourth-order valence-corrected chi connectivity index (χ4v) is 3.81. The summed E-state index contributed by atoms with van der Waals surface area (Å²) >= 11 is 0. The first-order valence-corrected chi connectivity index (χ1v) is 9.99. The predicted molar refractivity (Wildman–Crippen MR) is 112 cm³/mol. The van der Waals surface area contributed by atoms with Crippen molar-refractivity contribution >= 4 is 11.6 Å². The number of para-hydroxylation sites is 1. The number of hydrogen-bond donors (Lipinski definition) is 0. The van der Waals surface area contributed by atoms with E-state index in [4.69, 9.17) is 0 Å². The van der Waals surface area contributed by atoms with Crippen LogP contribution in [0.15, 0.2) is 60.7 Å². The van der Waals surface area contributed by atoms with Gasteiger partial charge in [0.25, 0.3) is 0 Å². The number of nitrogens with zero attached hydrogens (tertiary/aromatic N) is 3. The van der Waals surface area contributed by atoms with Gasteiger partial charge in [-0.1, -0.05) is 55.5 Å². The number of carbonyl (C=O) groups is 1. The molecule has 1 heterocycles. The second-order valence-electron chi connectivity index (χ2n) is 7.38. The Morgan fingerprint density at radius 2 is 1.74 bits per heavy atom. The largest absolute Gasteiger partial charge is 0.311 e. The second-order valence-corrected chi connectivity index (χ2v) is 7.38. The fraction of sp³-hybridized carbons (Fsp3) is 0.435. The average molecular weight is 366 g/mol. The van der Waals surface area contributed by atoms with Crippen LogP contribution in [0.2, 0.25) is 0 Å². The summed E-state index contributed by atoms with van der Waals surface area (Å²) in [6, 6.07) is 21.3. The van der Waals surface area contributed by atoms with E-state index in [0.29, 0.717) is 12.5 Å². The van der Waals surface area contributed by atoms with Gasteiger partial charge in [0.05, 0.1) is 0 Å². The third-order valence-corrected chi connectivity index (χ3v) is 5.46. The lowest BCUT2D eigenvalue weighted by Crippen LogP contribution is -2.39. The van der Waals surface area contributed by atoms with Crippen molar-refractivity contribution in [3.8, 4) is 0 Å². The van der Waals surface area contributed by atoms with Crippen molar-refractivity contribution in [3.05, 3.63) is 66.2 Å². The molecule has 0 unspecified atom stereocenters. The Hall–Kier alpha value is -2.17. The van der Waals surface area contributed by atoms with Crippen LogP contribution in [0.3, 0.4) is 0 Å². The highest BCUT2D eigenvalue weighted by molar-refractivity contribution is 5.93. The minimum absolute atomic E-state index is 0.193. The van der Waals surface area contributed by atoms with Gasteiger partial charge in [-0.25, -0.2) is 0 Å². The van der Waals surface area contributed by atoms with Crippen molar-refractivity contribution in [1.82, 2.24) is 9.80 Å². The number of anilines is 1. The molecule has 2 aromatic rings. The summed E-state index contributed by atoms with van der Waals surface area (Å²) in [4.78, 5) is 19.3. The van der Waals surface area contributed by atoms with Gasteiger partial charge in [-0.3, -0.25) is 14.6 Å². The molecule has 0 radical (unpaired) electrons. The van der Waals surface area contributed by atoms with Gasteiger partial charge >= 0.3 is 0 Å². The van der Waals surface area contributed by atoms with Crippen molar-refractivity contribution in [3.63, 3.8) is 0 Å². The lowest BCUT2D eigenvalue weighted by atomic mass is 10.1. The average Bonchev–Trinajstić information content (AvgIpc) is 3.19. The van der Waals surface area contributed by atoms with Gasteiger partial charge in [0.15, 0.2) is 0 Å². The normalized spacial score (nSPS) is 17.4. The molecule has 0 bridgehead atoms.